The van der Waals surface area contributed by atoms with Crippen molar-refractivity contribution in [3.8, 4) is 11.1 Å². The summed E-state index contributed by atoms with van der Waals surface area (Å²) < 4.78 is 16.7. The largest absolute Gasteiger partial charge is 0.380 e. The van der Waals surface area contributed by atoms with Gasteiger partial charge >= 0.3 is 0 Å². The van der Waals surface area contributed by atoms with Crippen LogP contribution < -0.4 is 0 Å². The van der Waals surface area contributed by atoms with Crippen LogP contribution in [-0.2, 0) is 11.8 Å². The van der Waals surface area contributed by atoms with E-state index in [2.05, 4.69) is 5.10 Å². The Bertz CT molecular complexity index is 1230. The first-order valence-corrected chi connectivity index (χ1v) is 10.8. The Hall–Kier alpha value is -3.26. The molecular formula is C24H25FN4O3. The molecular weight excluding hydrogens is 411 g/mol. The highest BCUT2D eigenvalue weighted by Crippen LogP contribution is 2.37. The quantitative estimate of drug-likeness (QED) is 0.685. The number of aromatic nitrogens is 2. The van der Waals surface area contributed by atoms with Crippen LogP contribution in [-0.4, -0.2) is 67.8 Å². The molecule has 2 fully saturated rings. The van der Waals surface area contributed by atoms with Crippen molar-refractivity contribution in [3.05, 3.63) is 54.0 Å². The van der Waals surface area contributed by atoms with Gasteiger partial charge < -0.3 is 14.9 Å². The maximum absolute atomic E-state index is 15.0. The van der Waals surface area contributed by atoms with E-state index in [1.165, 1.54) is 12.1 Å². The van der Waals surface area contributed by atoms with Gasteiger partial charge in [-0.2, -0.15) is 5.10 Å². The zero-order valence-corrected chi connectivity index (χ0v) is 18.1. The van der Waals surface area contributed by atoms with E-state index in [0.717, 1.165) is 16.5 Å². The number of hydrogen-bond donors (Lipinski definition) is 1. The third kappa shape index (κ3) is 3.44. The molecule has 0 bridgehead atoms. The molecule has 1 unspecified atom stereocenters. The van der Waals surface area contributed by atoms with Crippen molar-refractivity contribution in [2.24, 2.45) is 7.05 Å². The first-order chi connectivity index (χ1) is 15.3. The Morgan fingerprint density at radius 2 is 1.84 bits per heavy atom. The molecule has 7 nitrogen and oxygen atoms in total. The van der Waals surface area contributed by atoms with Crippen LogP contribution in [0.15, 0.2) is 42.6 Å². The van der Waals surface area contributed by atoms with Crippen LogP contribution in [0.25, 0.3) is 22.0 Å². The Labute approximate surface area is 185 Å². The Morgan fingerprint density at radius 1 is 1.12 bits per heavy atom. The van der Waals surface area contributed by atoms with E-state index >= 15 is 0 Å². The molecule has 2 aromatic carbocycles. The average Bonchev–Trinajstić information content (AvgIpc) is 3.44. The van der Waals surface area contributed by atoms with E-state index in [0.29, 0.717) is 38.0 Å². The molecule has 166 valence electrons. The van der Waals surface area contributed by atoms with Gasteiger partial charge in [-0.15, -0.1) is 0 Å². The molecule has 1 saturated heterocycles. The van der Waals surface area contributed by atoms with Crippen LogP contribution in [0.5, 0.6) is 0 Å². The monoisotopic (exact) mass is 436 g/mol. The first kappa shape index (κ1) is 20.6. The van der Waals surface area contributed by atoms with Crippen molar-refractivity contribution in [2.75, 3.05) is 19.6 Å². The van der Waals surface area contributed by atoms with Crippen molar-refractivity contribution < 1.29 is 19.1 Å². The first-order valence-electron chi connectivity index (χ1n) is 10.8. The summed E-state index contributed by atoms with van der Waals surface area (Å²) in [5.74, 6) is -1.23. The predicted molar refractivity (Wildman–Crippen MR) is 117 cm³/mol. The van der Waals surface area contributed by atoms with Crippen molar-refractivity contribution in [1.29, 1.82) is 0 Å². The van der Waals surface area contributed by atoms with E-state index < -0.39 is 11.4 Å². The maximum atomic E-state index is 15.0. The summed E-state index contributed by atoms with van der Waals surface area (Å²) in [6.45, 7) is 2.79. The molecule has 2 amide bonds. The summed E-state index contributed by atoms with van der Waals surface area (Å²) in [6, 6.07) is 10.2. The number of benzene rings is 2. The maximum Gasteiger partial charge on any atom is 0.256 e. The SMILES string of the molecule is CC1CN(C(=O)c2ccc(-c3ccc4c(cnn4C)c3)cc2F)CCN1C(=O)C1(O)CC1. The fraction of sp³-hybridized carbons (Fsp3) is 0.375. The fourth-order valence-corrected chi connectivity index (χ4v) is 4.43. The van der Waals surface area contributed by atoms with Crippen LogP contribution in [0.1, 0.15) is 30.1 Å². The van der Waals surface area contributed by atoms with Gasteiger partial charge in [0.2, 0.25) is 0 Å². The Kier molecular flexibility index (Phi) is 4.78. The molecule has 2 aliphatic rings. The minimum Gasteiger partial charge on any atom is -0.380 e. The van der Waals surface area contributed by atoms with Gasteiger partial charge in [0.1, 0.15) is 11.4 Å². The minimum absolute atomic E-state index is 0.0176. The fourth-order valence-electron chi connectivity index (χ4n) is 4.43. The molecule has 32 heavy (non-hydrogen) atoms. The number of aryl methyl sites for hydroxylation is 1. The molecule has 2 heterocycles. The van der Waals surface area contributed by atoms with Crippen molar-refractivity contribution >= 4 is 22.7 Å². The highest BCUT2D eigenvalue weighted by molar-refractivity contribution is 5.96. The van der Waals surface area contributed by atoms with Crippen LogP contribution in [0.3, 0.4) is 0 Å². The summed E-state index contributed by atoms with van der Waals surface area (Å²) in [5.41, 5.74) is 1.32. The average molecular weight is 436 g/mol. The molecule has 1 aliphatic heterocycles. The van der Waals surface area contributed by atoms with E-state index in [1.54, 1.807) is 26.7 Å². The van der Waals surface area contributed by atoms with Crippen LogP contribution in [0.2, 0.25) is 0 Å². The lowest BCUT2D eigenvalue weighted by atomic mass is 10.0. The van der Waals surface area contributed by atoms with Gasteiger partial charge in [0.25, 0.3) is 11.8 Å². The number of amides is 2. The number of aliphatic hydroxyl groups is 1. The number of piperazine rings is 1. The molecule has 0 radical (unpaired) electrons. The second-order valence-corrected chi connectivity index (χ2v) is 8.87. The smallest absolute Gasteiger partial charge is 0.256 e. The van der Waals surface area contributed by atoms with Gasteiger partial charge in [-0.1, -0.05) is 12.1 Å². The molecule has 1 saturated carbocycles. The van der Waals surface area contributed by atoms with E-state index in [4.69, 9.17) is 0 Å². The van der Waals surface area contributed by atoms with E-state index in [-0.39, 0.29) is 23.4 Å². The van der Waals surface area contributed by atoms with Crippen LogP contribution >= 0.6 is 0 Å². The summed E-state index contributed by atoms with van der Waals surface area (Å²) in [4.78, 5) is 28.7. The number of fused-ring (bicyclic) bond motifs is 1. The summed E-state index contributed by atoms with van der Waals surface area (Å²) >= 11 is 0. The lowest BCUT2D eigenvalue weighted by Crippen LogP contribution is -2.58. The van der Waals surface area contributed by atoms with Crippen LogP contribution in [0, 0.1) is 5.82 Å². The molecule has 1 atom stereocenters. The number of carbonyl (C=O) groups excluding carboxylic acids is 2. The number of halogens is 1. The van der Waals surface area contributed by atoms with Gasteiger partial charge in [0, 0.05) is 38.1 Å². The molecule has 0 spiro atoms. The molecule has 1 aromatic heterocycles. The normalized spacial score (nSPS) is 19.9. The van der Waals surface area contributed by atoms with Gasteiger partial charge in [-0.25, -0.2) is 4.39 Å². The van der Waals surface area contributed by atoms with Crippen LogP contribution in [0.4, 0.5) is 4.39 Å². The van der Waals surface area contributed by atoms with Crippen molar-refractivity contribution in [2.45, 2.75) is 31.4 Å². The highest BCUT2D eigenvalue weighted by Gasteiger charge is 2.51. The van der Waals surface area contributed by atoms with Gasteiger partial charge in [0.05, 0.1) is 17.3 Å². The standard InChI is InChI=1S/C24H25FN4O3/c1-15-14-28(9-10-29(15)23(31)24(32)7-8-24)22(30)19-5-3-17(12-20(19)25)16-4-6-21-18(11-16)13-26-27(21)2/h3-6,11-13,15,32H,7-10,14H2,1-2H3. The molecule has 5 rings (SSSR count). The van der Waals surface area contributed by atoms with E-state index in [1.807, 2.05) is 32.2 Å². The number of nitrogens with zero attached hydrogens (tertiary/aromatic N) is 4. The molecule has 1 N–H and O–H groups in total. The van der Waals surface area contributed by atoms with E-state index in [9.17, 15) is 19.1 Å². The number of carbonyl (C=O) groups is 2. The second kappa shape index (κ2) is 7.41. The molecule has 3 aromatic rings. The lowest BCUT2D eigenvalue weighted by molar-refractivity contribution is -0.146. The third-order valence-corrected chi connectivity index (χ3v) is 6.58. The third-order valence-electron chi connectivity index (χ3n) is 6.58. The molecule has 1 aliphatic carbocycles. The van der Waals surface area contributed by atoms with Crippen molar-refractivity contribution in [3.63, 3.8) is 0 Å². The van der Waals surface area contributed by atoms with Crippen molar-refractivity contribution in [1.82, 2.24) is 19.6 Å². The lowest BCUT2D eigenvalue weighted by Gasteiger charge is -2.40. The summed E-state index contributed by atoms with van der Waals surface area (Å²) in [7, 11) is 1.87. The second-order valence-electron chi connectivity index (χ2n) is 8.87. The number of rotatable bonds is 3. The summed E-state index contributed by atoms with van der Waals surface area (Å²) in [5, 5.41) is 15.3. The Morgan fingerprint density at radius 3 is 2.53 bits per heavy atom. The molecule has 8 heteroatoms. The van der Waals surface area contributed by atoms with Gasteiger partial charge in [0.15, 0.2) is 0 Å². The zero-order chi connectivity index (χ0) is 22.6. The highest BCUT2D eigenvalue weighted by atomic mass is 19.1. The number of hydrogen-bond acceptors (Lipinski definition) is 4. The minimum atomic E-state index is -1.22. The predicted octanol–water partition coefficient (Wildman–Crippen LogP) is 2.58. The topological polar surface area (TPSA) is 78.7 Å². The van der Waals surface area contributed by atoms with Gasteiger partial charge in [-0.3, -0.25) is 14.3 Å². The van der Waals surface area contributed by atoms with Gasteiger partial charge in [-0.05, 0) is 55.2 Å². The summed E-state index contributed by atoms with van der Waals surface area (Å²) in [6.07, 6.45) is 2.74. The Balaban J connectivity index is 1.32. The zero-order valence-electron chi connectivity index (χ0n) is 18.1.